The standard InChI is InChI=1S/C22H22Cl2N4O3S/c1-4-9-28-20(12-31-18-8-5-14(2)10-19(18)30-3)26-27-22(28)32-13-21(29)25-15-6-7-16(23)17(24)11-15/h4-8,10-11H,1,9,12-13H2,2-3H3,(H,25,29). The Morgan fingerprint density at radius 1 is 1.19 bits per heavy atom. The zero-order chi connectivity index (χ0) is 23.1. The van der Waals surface area contributed by atoms with Crippen molar-refractivity contribution in [3.8, 4) is 11.5 Å². The highest BCUT2D eigenvalue weighted by molar-refractivity contribution is 7.99. The van der Waals surface area contributed by atoms with Crippen LogP contribution in [0, 0.1) is 6.92 Å². The van der Waals surface area contributed by atoms with Crippen LogP contribution in [0.4, 0.5) is 5.69 Å². The van der Waals surface area contributed by atoms with Crippen LogP contribution in [0.15, 0.2) is 54.2 Å². The van der Waals surface area contributed by atoms with Gasteiger partial charge in [-0.2, -0.15) is 0 Å². The van der Waals surface area contributed by atoms with Crippen LogP contribution in [0.2, 0.25) is 10.0 Å². The second-order valence-electron chi connectivity index (χ2n) is 6.71. The van der Waals surface area contributed by atoms with Crippen molar-refractivity contribution in [1.29, 1.82) is 0 Å². The molecule has 2 aromatic carbocycles. The number of anilines is 1. The van der Waals surface area contributed by atoms with Gasteiger partial charge in [-0.1, -0.05) is 47.1 Å². The number of nitrogens with one attached hydrogen (secondary N) is 1. The highest BCUT2D eigenvalue weighted by atomic mass is 35.5. The maximum Gasteiger partial charge on any atom is 0.234 e. The van der Waals surface area contributed by atoms with Crippen molar-refractivity contribution in [3.63, 3.8) is 0 Å². The average molecular weight is 493 g/mol. The fourth-order valence-corrected chi connectivity index (χ4v) is 3.85. The van der Waals surface area contributed by atoms with E-state index in [1.807, 2.05) is 29.7 Å². The van der Waals surface area contributed by atoms with Gasteiger partial charge in [0.2, 0.25) is 5.91 Å². The lowest BCUT2D eigenvalue weighted by Gasteiger charge is -2.12. The number of nitrogens with zero attached hydrogens (tertiary/aromatic N) is 3. The Morgan fingerprint density at radius 2 is 2.00 bits per heavy atom. The highest BCUT2D eigenvalue weighted by Gasteiger charge is 2.15. The molecule has 3 aromatic rings. The molecule has 0 aliphatic heterocycles. The minimum absolute atomic E-state index is 0.141. The molecule has 0 radical (unpaired) electrons. The third kappa shape index (κ3) is 6.18. The summed E-state index contributed by atoms with van der Waals surface area (Å²) in [7, 11) is 1.60. The summed E-state index contributed by atoms with van der Waals surface area (Å²) < 4.78 is 13.1. The number of amides is 1. The molecule has 10 heteroatoms. The molecule has 1 aromatic heterocycles. The molecule has 0 atom stereocenters. The summed E-state index contributed by atoms with van der Waals surface area (Å²) in [6.45, 7) is 6.44. The fourth-order valence-electron chi connectivity index (χ4n) is 2.78. The van der Waals surface area contributed by atoms with E-state index in [1.54, 1.807) is 31.4 Å². The summed E-state index contributed by atoms with van der Waals surface area (Å²) in [5.74, 6) is 1.81. The normalized spacial score (nSPS) is 10.6. The lowest BCUT2D eigenvalue weighted by Crippen LogP contribution is -2.15. The van der Waals surface area contributed by atoms with Crippen LogP contribution in [-0.4, -0.2) is 33.5 Å². The number of carbonyl (C=O) groups is 1. The van der Waals surface area contributed by atoms with E-state index < -0.39 is 0 Å². The molecule has 0 unspecified atom stereocenters. The molecule has 1 heterocycles. The largest absolute Gasteiger partial charge is 0.493 e. The summed E-state index contributed by atoms with van der Waals surface area (Å²) in [5.41, 5.74) is 1.64. The molecule has 32 heavy (non-hydrogen) atoms. The van der Waals surface area contributed by atoms with Crippen LogP contribution >= 0.6 is 35.0 Å². The van der Waals surface area contributed by atoms with Gasteiger partial charge in [-0.25, -0.2) is 0 Å². The zero-order valence-corrected chi connectivity index (χ0v) is 19.9. The lowest BCUT2D eigenvalue weighted by molar-refractivity contribution is -0.113. The summed E-state index contributed by atoms with van der Waals surface area (Å²) in [6.07, 6.45) is 1.74. The van der Waals surface area contributed by atoms with Gasteiger partial charge in [0, 0.05) is 12.2 Å². The highest BCUT2D eigenvalue weighted by Crippen LogP contribution is 2.29. The SMILES string of the molecule is C=CCn1c(COc2ccc(C)cc2OC)nnc1SCC(=O)Nc1ccc(Cl)c(Cl)c1. The summed E-state index contributed by atoms with van der Waals surface area (Å²) in [6, 6.07) is 10.6. The Morgan fingerprint density at radius 3 is 2.72 bits per heavy atom. The van der Waals surface area contributed by atoms with Crippen molar-refractivity contribution >= 4 is 46.6 Å². The monoisotopic (exact) mass is 492 g/mol. The van der Waals surface area contributed by atoms with E-state index in [2.05, 4.69) is 22.1 Å². The summed E-state index contributed by atoms with van der Waals surface area (Å²) >= 11 is 13.2. The third-order valence-electron chi connectivity index (χ3n) is 4.32. The van der Waals surface area contributed by atoms with Crippen molar-refractivity contribution < 1.29 is 14.3 Å². The van der Waals surface area contributed by atoms with Crippen LogP contribution in [0.25, 0.3) is 0 Å². The maximum absolute atomic E-state index is 12.3. The topological polar surface area (TPSA) is 78.3 Å². The van der Waals surface area contributed by atoms with Gasteiger partial charge in [0.1, 0.15) is 6.61 Å². The smallest absolute Gasteiger partial charge is 0.234 e. The molecule has 0 saturated carbocycles. The van der Waals surface area contributed by atoms with Crippen LogP contribution in [0.3, 0.4) is 0 Å². The number of benzene rings is 2. The molecule has 0 bridgehead atoms. The first-order valence-electron chi connectivity index (χ1n) is 9.59. The molecule has 168 valence electrons. The number of carbonyl (C=O) groups excluding carboxylic acids is 1. The van der Waals surface area contributed by atoms with Crippen LogP contribution in [-0.2, 0) is 17.9 Å². The molecular weight excluding hydrogens is 471 g/mol. The Labute approximate surface area is 200 Å². The van der Waals surface area contributed by atoms with Gasteiger partial charge in [-0.05, 0) is 42.8 Å². The number of hydrogen-bond acceptors (Lipinski definition) is 6. The van der Waals surface area contributed by atoms with Gasteiger partial charge in [0.25, 0.3) is 0 Å². The van der Waals surface area contributed by atoms with E-state index in [1.165, 1.54) is 11.8 Å². The predicted octanol–water partition coefficient (Wildman–Crippen LogP) is 5.40. The summed E-state index contributed by atoms with van der Waals surface area (Å²) in [5, 5.41) is 12.6. The average Bonchev–Trinajstić information content (AvgIpc) is 3.15. The van der Waals surface area contributed by atoms with Crippen molar-refractivity contribution in [3.05, 3.63) is 70.5 Å². The Hall–Kier alpha value is -2.68. The van der Waals surface area contributed by atoms with Gasteiger partial charge in [-0.15, -0.1) is 16.8 Å². The first-order chi connectivity index (χ1) is 15.4. The van der Waals surface area contributed by atoms with Gasteiger partial charge < -0.3 is 14.8 Å². The number of rotatable bonds is 10. The first-order valence-corrected chi connectivity index (χ1v) is 11.3. The van der Waals surface area contributed by atoms with Gasteiger partial charge in [0.15, 0.2) is 22.5 Å². The molecule has 1 amide bonds. The fraction of sp³-hybridized carbons (Fsp3) is 0.227. The molecule has 0 spiro atoms. The Bertz CT molecular complexity index is 1120. The number of methoxy groups -OCH3 is 1. The molecule has 7 nitrogen and oxygen atoms in total. The van der Waals surface area contributed by atoms with Crippen molar-refractivity contribution in [1.82, 2.24) is 14.8 Å². The first kappa shape index (κ1) is 24.0. The van der Waals surface area contributed by atoms with E-state index in [0.717, 1.165) is 5.56 Å². The zero-order valence-electron chi connectivity index (χ0n) is 17.6. The van der Waals surface area contributed by atoms with Crippen molar-refractivity contribution in [2.75, 3.05) is 18.2 Å². The minimum Gasteiger partial charge on any atom is -0.493 e. The maximum atomic E-state index is 12.3. The quantitative estimate of drug-likeness (QED) is 0.301. The number of allylic oxidation sites excluding steroid dienone is 1. The lowest BCUT2D eigenvalue weighted by atomic mass is 10.2. The minimum atomic E-state index is -0.205. The molecule has 0 saturated heterocycles. The molecule has 0 aliphatic carbocycles. The van der Waals surface area contributed by atoms with Crippen molar-refractivity contribution in [2.45, 2.75) is 25.2 Å². The number of thioether (sulfide) groups is 1. The van der Waals surface area contributed by atoms with E-state index >= 15 is 0 Å². The number of aryl methyl sites for hydroxylation is 1. The van der Waals surface area contributed by atoms with E-state index in [9.17, 15) is 4.79 Å². The summed E-state index contributed by atoms with van der Waals surface area (Å²) in [4.78, 5) is 12.3. The Kier molecular flexibility index (Phi) is 8.44. The van der Waals surface area contributed by atoms with Crippen LogP contribution in [0.5, 0.6) is 11.5 Å². The number of hydrogen-bond donors (Lipinski definition) is 1. The number of ether oxygens (including phenoxy) is 2. The molecule has 1 N–H and O–H groups in total. The van der Waals surface area contributed by atoms with E-state index in [4.69, 9.17) is 32.7 Å². The number of aromatic nitrogens is 3. The second kappa shape index (κ2) is 11.3. The van der Waals surface area contributed by atoms with Gasteiger partial charge in [0.05, 0.1) is 22.9 Å². The number of halogens is 2. The van der Waals surface area contributed by atoms with Crippen LogP contribution in [0.1, 0.15) is 11.4 Å². The molecule has 0 fully saturated rings. The molecular formula is C22H22Cl2N4O3S. The van der Waals surface area contributed by atoms with Gasteiger partial charge in [-0.3, -0.25) is 9.36 Å². The van der Waals surface area contributed by atoms with Crippen molar-refractivity contribution in [2.24, 2.45) is 0 Å². The van der Waals surface area contributed by atoms with Gasteiger partial charge >= 0.3 is 0 Å². The predicted molar refractivity (Wildman–Crippen MR) is 128 cm³/mol. The molecule has 0 aliphatic rings. The third-order valence-corrected chi connectivity index (χ3v) is 6.02. The molecule has 3 rings (SSSR count). The van der Waals surface area contributed by atoms with E-state index in [0.29, 0.717) is 44.8 Å². The second-order valence-corrected chi connectivity index (χ2v) is 8.46. The Balaban J connectivity index is 1.64. The van der Waals surface area contributed by atoms with Crippen LogP contribution < -0.4 is 14.8 Å². The van der Waals surface area contributed by atoms with E-state index in [-0.39, 0.29) is 18.3 Å².